The lowest BCUT2D eigenvalue weighted by Gasteiger charge is -2.34. The Morgan fingerprint density at radius 1 is 0.564 bits per heavy atom. The summed E-state index contributed by atoms with van der Waals surface area (Å²) in [5.74, 6) is 0.369. The monoisotopic (exact) mass is 549 g/mol. The summed E-state index contributed by atoms with van der Waals surface area (Å²) >= 11 is 0. The molecular weight excluding hydrogens is 484 g/mol. The van der Waals surface area contributed by atoms with Crippen molar-refractivity contribution in [2.24, 2.45) is 0 Å². The molecule has 39 heavy (non-hydrogen) atoms. The van der Waals surface area contributed by atoms with Crippen molar-refractivity contribution in [2.45, 2.75) is 136 Å². The Labute approximate surface area is 242 Å². The number of allylic oxidation sites excluding steroid dienone is 2. The van der Waals surface area contributed by atoms with E-state index in [1.54, 1.807) is 0 Å². The SMILES string of the molecule is CCCCCCCCC=CCCCCCCCCCC(=O)NCCCN1CCN(CCCNC(=O)CC)CC1. The van der Waals surface area contributed by atoms with Gasteiger partial charge in [-0.15, -0.1) is 0 Å². The second kappa shape index (κ2) is 26.8. The second-order valence-corrected chi connectivity index (χ2v) is 11.5. The fourth-order valence-electron chi connectivity index (χ4n) is 5.22. The van der Waals surface area contributed by atoms with Crippen molar-refractivity contribution in [3.8, 4) is 0 Å². The van der Waals surface area contributed by atoms with Gasteiger partial charge >= 0.3 is 0 Å². The minimum atomic E-state index is 0.144. The van der Waals surface area contributed by atoms with Crippen molar-refractivity contribution in [1.82, 2.24) is 20.4 Å². The molecule has 0 aromatic rings. The summed E-state index contributed by atoms with van der Waals surface area (Å²) in [6, 6.07) is 0. The zero-order chi connectivity index (χ0) is 28.2. The summed E-state index contributed by atoms with van der Waals surface area (Å²) < 4.78 is 0. The Morgan fingerprint density at radius 3 is 1.49 bits per heavy atom. The van der Waals surface area contributed by atoms with Crippen molar-refractivity contribution in [3.05, 3.63) is 12.2 Å². The number of nitrogens with one attached hydrogen (secondary N) is 2. The summed E-state index contributed by atoms with van der Waals surface area (Å²) in [4.78, 5) is 28.4. The van der Waals surface area contributed by atoms with Gasteiger partial charge in [0.05, 0.1) is 0 Å². The highest BCUT2D eigenvalue weighted by atomic mass is 16.2. The van der Waals surface area contributed by atoms with E-state index in [0.29, 0.717) is 12.8 Å². The van der Waals surface area contributed by atoms with Crippen molar-refractivity contribution < 1.29 is 9.59 Å². The van der Waals surface area contributed by atoms with Crippen LogP contribution in [0.1, 0.15) is 136 Å². The number of hydrogen-bond acceptors (Lipinski definition) is 4. The predicted molar refractivity (Wildman–Crippen MR) is 167 cm³/mol. The highest BCUT2D eigenvalue weighted by Crippen LogP contribution is 2.11. The molecule has 0 aliphatic carbocycles. The molecule has 0 radical (unpaired) electrons. The first-order valence-corrected chi connectivity index (χ1v) is 16.8. The van der Waals surface area contributed by atoms with E-state index < -0.39 is 0 Å². The molecule has 1 aliphatic heterocycles. The maximum absolute atomic E-state index is 12.1. The van der Waals surface area contributed by atoms with Gasteiger partial charge in [-0.25, -0.2) is 0 Å². The predicted octanol–water partition coefficient (Wildman–Crippen LogP) is 6.84. The van der Waals surface area contributed by atoms with Gasteiger partial charge in [0.25, 0.3) is 0 Å². The number of carbonyl (C=O) groups is 2. The molecule has 0 spiro atoms. The van der Waals surface area contributed by atoms with E-state index >= 15 is 0 Å². The molecule has 1 aliphatic rings. The summed E-state index contributed by atoms with van der Waals surface area (Å²) in [5, 5.41) is 6.07. The van der Waals surface area contributed by atoms with Crippen LogP contribution in [0.25, 0.3) is 0 Å². The topological polar surface area (TPSA) is 64.7 Å². The van der Waals surface area contributed by atoms with Gasteiger partial charge < -0.3 is 20.4 Å². The standard InChI is InChI=1S/C33H64N4O2/c1-3-5-6-7-8-9-10-11-12-13-14-15-16-17-18-19-20-23-33(39)35-25-22-27-37-30-28-36(29-31-37)26-21-24-34-32(38)4-2/h11-12H,3-10,13-31H2,1-2H3,(H,34,38)(H,35,39). The minimum absolute atomic E-state index is 0.144. The molecule has 1 fully saturated rings. The first-order valence-electron chi connectivity index (χ1n) is 16.8. The first-order chi connectivity index (χ1) is 19.2. The molecule has 6 nitrogen and oxygen atoms in total. The summed E-state index contributed by atoms with van der Waals surface area (Å²) in [6.45, 7) is 12.3. The number of unbranched alkanes of at least 4 members (excludes halogenated alkanes) is 13. The molecule has 6 heteroatoms. The van der Waals surface area contributed by atoms with E-state index in [4.69, 9.17) is 0 Å². The number of amides is 2. The molecule has 0 saturated carbocycles. The average molecular weight is 549 g/mol. The molecule has 0 atom stereocenters. The number of hydrogen-bond donors (Lipinski definition) is 2. The summed E-state index contributed by atoms with van der Waals surface area (Å²) in [5.41, 5.74) is 0. The van der Waals surface area contributed by atoms with Crippen molar-refractivity contribution in [3.63, 3.8) is 0 Å². The van der Waals surface area contributed by atoms with Gasteiger partial charge in [0.15, 0.2) is 0 Å². The quantitative estimate of drug-likeness (QED) is 0.0917. The Bertz CT molecular complexity index is 603. The van der Waals surface area contributed by atoms with E-state index in [1.807, 2.05) is 6.92 Å². The van der Waals surface area contributed by atoms with Crippen LogP contribution in [0.15, 0.2) is 12.2 Å². The minimum Gasteiger partial charge on any atom is -0.356 e. The molecule has 2 amide bonds. The molecule has 1 saturated heterocycles. The number of rotatable bonds is 26. The third-order valence-electron chi connectivity index (χ3n) is 7.90. The van der Waals surface area contributed by atoms with Gasteiger partial charge in [-0.05, 0) is 58.0 Å². The Hall–Kier alpha value is -1.40. The average Bonchev–Trinajstić information content (AvgIpc) is 2.95. The van der Waals surface area contributed by atoms with Gasteiger partial charge in [0.1, 0.15) is 0 Å². The molecule has 1 rings (SSSR count). The number of nitrogens with zero attached hydrogens (tertiary/aromatic N) is 2. The largest absolute Gasteiger partial charge is 0.356 e. The maximum Gasteiger partial charge on any atom is 0.219 e. The van der Waals surface area contributed by atoms with Crippen LogP contribution in [0.3, 0.4) is 0 Å². The van der Waals surface area contributed by atoms with Gasteiger partial charge in [-0.1, -0.05) is 90.2 Å². The van der Waals surface area contributed by atoms with Crippen LogP contribution in [-0.2, 0) is 9.59 Å². The van der Waals surface area contributed by atoms with Gasteiger partial charge in [-0.2, -0.15) is 0 Å². The Balaban J connectivity index is 1.81. The molecule has 2 N–H and O–H groups in total. The van der Waals surface area contributed by atoms with Crippen LogP contribution >= 0.6 is 0 Å². The van der Waals surface area contributed by atoms with E-state index in [9.17, 15) is 9.59 Å². The van der Waals surface area contributed by atoms with Gasteiger partial charge in [0.2, 0.25) is 11.8 Å². The van der Waals surface area contributed by atoms with Crippen molar-refractivity contribution in [1.29, 1.82) is 0 Å². The third kappa shape index (κ3) is 23.0. The fourth-order valence-corrected chi connectivity index (χ4v) is 5.22. The van der Waals surface area contributed by atoms with Crippen LogP contribution in [0.2, 0.25) is 0 Å². The third-order valence-corrected chi connectivity index (χ3v) is 7.90. The van der Waals surface area contributed by atoms with Crippen LogP contribution < -0.4 is 10.6 Å². The summed E-state index contributed by atoms with van der Waals surface area (Å²) in [6.07, 6.45) is 27.7. The first kappa shape index (κ1) is 35.6. The normalized spacial score (nSPS) is 14.7. The second-order valence-electron chi connectivity index (χ2n) is 11.5. The fraction of sp³-hybridized carbons (Fsp3) is 0.879. The molecule has 1 heterocycles. The van der Waals surface area contributed by atoms with E-state index in [0.717, 1.165) is 71.6 Å². The van der Waals surface area contributed by atoms with Crippen LogP contribution in [-0.4, -0.2) is 74.0 Å². The van der Waals surface area contributed by atoms with Crippen molar-refractivity contribution >= 4 is 11.8 Å². The number of carbonyl (C=O) groups excluding carboxylic acids is 2. The highest BCUT2D eigenvalue weighted by molar-refractivity contribution is 5.75. The molecule has 228 valence electrons. The van der Waals surface area contributed by atoms with Crippen molar-refractivity contribution in [2.75, 3.05) is 52.4 Å². The zero-order valence-electron chi connectivity index (χ0n) is 26.0. The number of piperazine rings is 1. The molecular formula is C33H64N4O2. The van der Waals surface area contributed by atoms with E-state index in [1.165, 1.54) is 89.9 Å². The molecule has 0 unspecified atom stereocenters. The van der Waals surface area contributed by atoms with Gasteiger partial charge in [0, 0.05) is 52.1 Å². The Kier molecular flexibility index (Phi) is 24.5. The lowest BCUT2D eigenvalue weighted by atomic mass is 10.1. The smallest absolute Gasteiger partial charge is 0.219 e. The Morgan fingerprint density at radius 2 is 1.00 bits per heavy atom. The molecule has 0 aromatic carbocycles. The van der Waals surface area contributed by atoms with Crippen LogP contribution in [0.4, 0.5) is 0 Å². The maximum atomic E-state index is 12.1. The van der Waals surface area contributed by atoms with Crippen LogP contribution in [0.5, 0.6) is 0 Å². The summed E-state index contributed by atoms with van der Waals surface area (Å²) in [7, 11) is 0. The van der Waals surface area contributed by atoms with E-state index in [2.05, 4.69) is 39.5 Å². The van der Waals surface area contributed by atoms with Gasteiger partial charge in [-0.3, -0.25) is 9.59 Å². The molecule has 0 aromatic heterocycles. The zero-order valence-corrected chi connectivity index (χ0v) is 26.0. The van der Waals surface area contributed by atoms with Crippen LogP contribution in [0, 0.1) is 0 Å². The lowest BCUT2D eigenvalue weighted by molar-refractivity contribution is -0.121. The lowest BCUT2D eigenvalue weighted by Crippen LogP contribution is -2.47. The highest BCUT2D eigenvalue weighted by Gasteiger charge is 2.16. The molecule has 0 bridgehead atoms. The van der Waals surface area contributed by atoms with E-state index in [-0.39, 0.29) is 11.8 Å².